The van der Waals surface area contributed by atoms with Crippen LogP contribution in [0.1, 0.15) is 34.5 Å². The molecule has 0 saturated carbocycles. The van der Waals surface area contributed by atoms with Crippen molar-refractivity contribution in [3.8, 4) is 0 Å². The molecule has 130 valence electrons. The third-order valence-electron chi connectivity index (χ3n) is 4.28. The van der Waals surface area contributed by atoms with E-state index in [9.17, 15) is 14.9 Å². The molecule has 0 atom stereocenters. The maximum Gasteiger partial charge on any atom is 0.271 e. The van der Waals surface area contributed by atoms with E-state index in [-0.39, 0.29) is 11.6 Å². The van der Waals surface area contributed by atoms with Gasteiger partial charge >= 0.3 is 0 Å². The van der Waals surface area contributed by atoms with Gasteiger partial charge in [0.1, 0.15) is 0 Å². The zero-order valence-corrected chi connectivity index (χ0v) is 14.2. The minimum atomic E-state index is -0.492. The number of aryl methyl sites for hydroxylation is 2. The molecule has 8 heteroatoms. The van der Waals surface area contributed by atoms with E-state index in [2.05, 4.69) is 20.2 Å². The van der Waals surface area contributed by atoms with E-state index in [1.807, 2.05) is 0 Å². The van der Waals surface area contributed by atoms with Gasteiger partial charge in [-0.3, -0.25) is 14.9 Å². The number of benzene rings is 1. The Morgan fingerprint density at radius 3 is 2.64 bits per heavy atom. The number of nitro groups is 1. The second-order valence-corrected chi connectivity index (χ2v) is 6.07. The molecule has 1 saturated heterocycles. The molecule has 0 bridgehead atoms. The van der Waals surface area contributed by atoms with E-state index in [4.69, 9.17) is 0 Å². The van der Waals surface area contributed by atoms with Crippen LogP contribution < -0.4 is 10.2 Å². The van der Waals surface area contributed by atoms with Gasteiger partial charge in [-0.15, -0.1) is 0 Å². The second-order valence-electron chi connectivity index (χ2n) is 6.07. The van der Waals surface area contributed by atoms with E-state index in [0.29, 0.717) is 22.9 Å². The van der Waals surface area contributed by atoms with Crippen LogP contribution >= 0.6 is 0 Å². The normalized spacial score (nSPS) is 13.8. The molecule has 1 aromatic heterocycles. The fourth-order valence-electron chi connectivity index (χ4n) is 2.80. The lowest BCUT2D eigenvalue weighted by Crippen LogP contribution is -2.22. The van der Waals surface area contributed by atoms with Crippen molar-refractivity contribution in [3.05, 3.63) is 51.3 Å². The van der Waals surface area contributed by atoms with Gasteiger partial charge in [0.25, 0.3) is 11.6 Å². The number of nitrogens with one attached hydrogen (secondary N) is 1. The summed E-state index contributed by atoms with van der Waals surface area (Å²) in [6.07, 6.45) is 3.76. The topological polar surface area (TPSA) is 101 Å². The molecule has 1 aliphatic rings. The van der Waals surface area contributed by atoms with Crippen molar-refractivity contribution in [1.29, 1.82) is 0 Å². The van der Waals surface area contributed by atoms with Crippen LogP contribution in [-0.2, 0) is 0 Å². The summed E-state index contributed by atoms with van der Waals surface area (Å²) in [5, 5.41) is 13.6. The number of nitro benzene ring substituents is 1. The first-order valence-corrected chi connectivity index (χ1v) is 8.10. The Morgan fingerprint density at radius 2 is 2.00 bits per heavy atom. The first-order valence-electron chi connectivity index (χ1n) is 8.10. The number of amides is 1. The summed E-state index contributed by atoms with van der Waals surface area (Å²) in [5.74, 6) is 0.257. The lowest BCUT2D eigenvalue weighted by Gasteiger charge is -2.16. The molecule has 1 amide bonds. The minimum Gasteiger partial charge on any atom is -0.341 e. The summed E-state index contributed by atoms with van der Waals surface area (Å²) in [6, 6.07) is 4.36. The number of rotatable bonds is 4. The Bertz CT molecular complexity index is 831. The lowest BCUT2D eigenvalue weighted by atomic mass is 10.1. The van der Waals surface area contributed by atoms with Crippen molar-refractivity contribution < 1.29 is 9.72 Å². The van der Waals surface area contributed by atoms with Gasteiger partial charge in [0.05, 0.1) is 21.9 Å². The highest BCUT2D eigenvalue weighted by Crippen LogP contribution is 2.23. The number of anilines is 2. The molecule has 2 heterocycles. The van der Waals surface area contributed by atoms with Gasteiger partial charge < -0.3 is 10.2 Å². The summed E-state index contributed by atoms with van der Waals surface area (Å²) in [5.41, 5.74) is 2.01. The zero-order chi connectivity index (χ0) is 18.0. The average Bonchev–Trinajstić information content (AvgIpc) is 3.11. The van der Waals surface area contributed by atoms with Crippen molar-refractivity contribution in [2.45, 2.75) is 26.7 Å². The highest BCUT2D eigenvalue weighted by atomic mass is 16.6. The highest BCUT2D eigenvalue weighted by molar-refractivity contribution is 6.05. The van der Waals surface area contributed by atoms with Gasteiger partial charge in [0, 0.05) is 31.4 Å². The van der Waals surface area contributed by atoms with Crippen LogP contribution in [0.25, 0.3) is 0 Å². The van der Waals surface area contributed by atoms with Gasteiger partial charge in [-0.25, -0.2) is 9.97 Å². The van der Waals surface area contributed by atoms with E-state index in [1.165, 1.54) is 18.3 Å². The van der Waals surface area contributed by atoms with Crippen LogP contribution in [0, 0.1) is 24.0 Å². The first kappa shape index (κ1) is 16.8. The van der Waals surface area contributed by atoms with Crippen molar-refractivity contribution in [1.82, 2.24) is 9.97 Å². The van der Waals surface area contributed by atoms with Crippen molar-refractivity contribution in [2.24, 2.45) is 0 Å². The lowest BCUT2D eigenvalue weighted by molar-refractivity contribution is -0.384. The fourth-order valence-corrected chi connectivity index (χ4v) is 2.80. The van der Waals surface area contributed by atoms with Crippen molar-refractivity contribution in [3.63, 3.8) is 0 Å². The monoisotopic (exact) mass is 341 g/mol. The van der Waals surface area contributed by atoms with Crippen LogP contribution in [0.5, 0.6) is 0 Å². The van der Waals surface area contributed by atoms with E-state index in [1.54, 1.807) is 19.9 Å². The maximum absolute atomic E-state index is 12.5. The molecular weight excluding hydrogens is 322 g/mol. The average molecular weight is 341 g/mol. The summed E-state index contributed by atoms with van der Waals surface area (Å²) < 4.78 is 0. The van der Waals surface area contributed by atoms with E-state index >= 15 is 0 Å². The number of hydrogen-bond donors (Lipinski definition) is 1. The SMILES string of the molecule is Cc1ccc([N+](=O)[O-])cc1NC(=O)c1cnc(N2CCCC2)nc1C. The third-order valence-corrected chi connectivity index (χ3v) is 4.28. The summed E-state index contributed by atoms with van der Waals surface area (Å²) in [6.45, 7) is 5.39. The smallest absolute Gasteiger partial charge is 0.271 e. The van der Waals surface area contributed by atoms with Gasteiger partial charge in [0.15, 0.2) is 0 Å². The number of aromatic nitrogens is 2. The van der Waals surface area contributed by atoms with E-state index in [0.717, 1.165) is 31.5 Å². The van der Waals surface area contributed by atoms with Crippen LogP contribution in [0.4, 0.5) is 17.3 Å². The minimum absolute atomic E-state index is 0.0711. The predicted octanol–water partition coefficient (Wildman–Crippen LogP) is 2.85. The Morgan fingerprint density at radius 1 is 1.28 bits per heavy atom. The van der Waals surface area contributed by atoms with Gasteiger partial charge in [-0.05, 0) is 32.3 Å². The first-order chi connectivity index (χ1) is 12.0. The molecule has 2 aromatic rings. The largest absolute Gasteiger partial charge is 0.341 e. The molecular formula is C17H19N5O3. The maximum atomic E-state index is 12.5. The van der Waals surface area contributed by atoms with Crippen LogP contribution in [0.3, 0.4) is 0 Å². The van der Waals surface area contributed by atoms with Crippen LogP contribution in [-0.4, -0.2) is 33.9 Å². The summed E-state index contributed by atoms with van der Waals surface area (Å²) in [4.78, 5) is 33.8. The predicted molar refractivity (Wildman–Crippen MR) is 94.0 cm³/mol. The third kappa shape index (κ3) is 3.57. The number of non-ortho nitro benzene ring substituents is 1. The standard InChI is InChI=1S/C17H19N5O3/c1-11-5-6-13(22(24)25)9-15(11)20-16(23)14-10-18-17(19-12(14)2)21-7-3-4-8-21/h5-6,9-10H,3-4,7-8H2,1-2H3,(H,20,23). The molecule has 8 nitrogen and oxygen atoms in total. The number of nitrogens with zero attached hydrogens (tertiary/aromatic N) is 4. The summed E-state index contributed by atoms with van der Waals surface area (Å²) >= 11 is 0. The Balaban J connectivity index is 1.81. The summed E-state index contributed by atoms with van der Waals surface area (Å²) in [7, 11) is 0. The Hall–Kier alpha value is -3.03. The molecule has 25 heavy (non-hydrogen) atoms. The van der Waals surface area contributed by atoms with Crippen molar-refractivity contribution >= 4 is 23.2 Å². The molecule has 1 aliphatic heterocycles. The quantitative estimate of drug-likeness (QED) is 0.678. The number of carbonyl (C=O) groups is 1. The molecule has 0 aliphatic carbocycles. The molecule has 0 spiro atoms. The molecule has 0 unspecified atom stereocenters. The Kier molecular flexibility index (Phi) is 4.60. The molecule has 1 aromatic carbocycles. The van der Waals surface area contributed by atoms with E-state index < -0.39 is 4.92 Å². The van der Waals surface area contributed by atoms with Crippen LogP contribution in [0.2, 0.25) is 0 Å². The zero-order valence-electron chi connectivity index (χ0n) is 14.2. The molecule has 1 N–H and O–H groups in total. The van der Waals surface area contributed by atoms with Crippen molar-refractivity contribution in [2.75, 3.05) is 23.3 Å². The Labute approximate surface area is 145 Å². The second kappa shape index (κ2) is 6.84. The fraction of sp³-hybridized carbons (Fsp3) is 0.353. The van der Waals surface area contributed by atoms with Gasteiger partial charge in [-0.2, -0.15) is 0 Å². The molecule has 0 radical (unpaired) electrons. The van der Waals surface area contributed by atoms with Gasteiger partial charge in [-0.1, -0.05) is 6.07 Å². The molecule has 3 rings (SSSR count). The number of hydrogen-bond acceptors (Lipinski definition) is 6. The molecule has 1 fully saturated rings. The van der Waals surface area contributed by atoms with Crippen LogP contribution in [0.15, 0.2) is 24.4 Å². The number of carbonyl (C=O) groups excluding carboxylic acids is 1. The van der Waals surface area contributed by atoms with Gasteiger partial charge in [0.2, 0.25) is 5.95 Å². The highest BCUT2D eigenvalue weighted by Gasteiger charge is 2.19.